The smallest absolute Gasteiger partial charge is 0.228 e. The molecule has 1 N–H and O–H groups in total. The highest BCUT2D eigenvalue weighted by Crippen LogP contribution is 2.14. The molecule has 0 radical (unpaired) electrons. The van der Waals surface area contributed by atoms with Gasteiger partial charge in [-0.25, -0.2) is 19.9 Å². The molecule has 0 aliphatic carbocycles. The van der Waals surface area contributed by atoms with Crippen molar-refractivity contribution in [2.75, 3.05) is 5.32 Å². The van der Waals surface area contributed by atoms with E-state index < -0.39 is 8.07 Å². The van der Waals surface area contributed by atoms with Crippen LogP contribution in [0.1, 0.15) is 0 Å². The van der Waals surface area contributed by atoms with Gasteiger partial charge < -0.3 is 5.32 Å². The first-order valence-corrected chi connectivity index (χ1v) is 9.39. The summed E-state index contributed by atoms with van der Waals surface area (Å²) in [6.45, 7) is 6.61. The molecular formula is C11H14ClN5Si. The van der Waals surface area contributed by atoms with Gasteiger partial charge in [0.1, 0.15) is 11.5 Å². The summed E-state index contributed by atoms with van der Waals surface area (Å²) in [5.41, 5.74) is 0.731. The molecule has 0 saturated heterocycles. The van der Waals surface area contributed by atoms with Gasteiger partial charge in [0.15, 0.2) is 0 Å². The molecule has 0 fully saturated rings. The Balaban J connectivity index is 2.25. The lowest BCUT2D eigenvalue weighted by molar-refractivity contribution is 1.14. The van der Waals surface area contributed by atoms with Crippen LogP contribution in [0, 0.1) is 0 Å². The average Bonchev–Trinajstić information content (AvgIpc) is 2.28. The quantitative estimate of drug-likeness (QED) is 0.689. The monoisotopic (exact) mass is 279 g/mol. The maximum absolute atomic E-state index is 6.19. The number of rotatable bonds is 3. The first kappa shape index (κ1) is 12.9. The molecule has 2 aromatic heterocycles. The van der Waals surface area contributed by atoms with Crippen molar-refractivity contribution >= 4 is 36.5 Å². The van der Waals surface area contributed by atoms with Crippen LogP contribution >= 0.6 is 11.6 Å². The fourth-order valence-electron chi connectivity index (χ4n) is 1.42. The molecule has 2 heterocycles. The van der Waals surface area contributed by atoms with E-state index in [1.165, 1.54) is 6.33 Å². The standard InChI is InChI=1S/C11H14ClN5Si/c1-18(2,3)9-6-15-11(17-10(9)12)16-8-4-13-7-14-5-8/h4-7H,1-3H3,(H,15,16,17). The molecule has 94 valence electrons. The molecule has 5 nitrogen and oxygen atoms in total. The lowest BCUT2D eigenvalue weighted by atomic mass is 10.5. The minimum atomic E-state index is -1.50. The molecule has 0 spiro atoms. The Labute approximate surface area is 112 Å². The van der Waals surface area contributed by atoms with Crippen molar-refractivity contribution < 1.29 is 0 Å². The zero-order valence-corrected chi connectivity index (χ0v) is 12.2. The SMILES string of the molecule is C[Si](C)(C)c1cnc(Nc2cncnc2)nc1Cl. The number of hydrogen-bond donors (Lipinski definition) is 1. The van der Waals surface area contributed by atoms with Gasteiger partial charge in [0.2, 0.25) is 5.95 Å². The molecule has 0 aliphatic rings. The summed E-state index contributed by atoms with van der Waals surface area (Å²) in [5.74, 6) is 0.455. The van der Waals surface area contributed by atoms with Crippen LogP contribution in [-0.4, -0.2) is 28.0 Å². The lowest BCUT2D eigenvalue weighted by Gasteiger charge is -2.17. The van der Waals surface area contributed by atoms with Gasteiger partial charge in [-0.3, -0.25) is 0 Å². The zero-order chi connectivity index (χ0) is 13.2. The lowest BCUT2D eigenvalue weighted by Crippen LogP contribution is -2.39. The molecule has 0 aliphatic heterocycles. The van der Waals surface area contributed by atoms with E-state index in [4.69, 9.17) is 11.6 Å². The molecule has 0 saturated carbocycles. The van der Waals surface area contributed by atoms with E-state index in [0.29, 0.717) is 11.1 Å². The second kappa shape index (κ2) is 4.99. The molecule has 7 heteroatoms. The fourth-order valence-corrected chi connectivity index (χ4v) is 3.52. The van der Waals surface area contributed by atoms with Crippen LogP contribution in [0.25, 0.3) is 0 Å². The molecule has 0 amide bonds. The topological polar surface area (TPSA) is 63.6 Å². The summed E-state index contributed by atoms with van der Waals surface area (Å²) in [6, 6.07) is 0. The molecule has 0 unspecified atom stereocenters. The van der Waals surface area contributed by atoms with Crippen LogP contribution in [0.15, 0.2) is 24.9 Å². The highest BCUT2D eigenvalue weighted by molar-refractivity contribution is 6.90. The predicted molar refractivity (Wildman–Crippen MR) is 75.3 cm³/mol. The van der Waals surface area contributed by atoms with Gasteiger partial charge in [-0.1, -0.05) is 31.2 Å². The van der Waals surface area contributed by atoms with Crippen LogP contribution < -0.4 is 10.5 Å². The normalized spacial score (nSPS) is 11.3. The van der Waals surface area contributed by atoms with Crippen molar-refractivity contribution in [1.82, 2.24) is 19.9 Å². The average molecular weight is 280 g/mol. The van der Waals surface area contributed by atoms with Crippen molar-refractivity contribution in [3.05, 3.63) is 30.1 Å². The van der Waals surface area contributed by atoms with Crippen LogP contribution in [0.2, 0.25) is 24.8 Å². The van der Waals surface area contributed by atoms with Crippen LogP contribution in [0.4, 0.5) is 11.6 Å². The largest absolute Gasteiger partial charge is 0.321 e. The van der Waals surface area contributed by atoms with Gasteiger partial charge in [0.25, 0.3) is 0 Å². The first-order valence-electron chi connectivity index (χ1n) is 5.52. The number of nitrogens with zero attached hydrogens (tertiary/aromatic N) is 4. The fraction of sp³-hybridized carbons (Fsp3) is 0.273. The number of aromatic nitrogens is 4. The van der Waals surface area contributed by atoms with Crippen molar-refractivity contribution in [3.8, 4) is 0 Å². The third kappa shape index (κ3) is 3.02. The molecule has 18 heavy (non-hydrogen) atoms. The molecule has 0 aromatic carbocycles. The number of anilines is 2. The van der Waals surface area contributed by atoms with E-state index in [9.17, 15) is 0 Å². The van der Waals surface area contributed by atoms with Gasteiger partial charge in [-0.15, -0.1) is 0 Å². The highest BCUT2D eigenvalue weighted by Gasteiger charge is 2.21. The minimum Gasteiger partial charge on any atom is -0.321 e. The maximum atomic E-state index is 6.19. The molecule has 0 bridgehead atoms. The Morgan fingerprint density at radius 2 is 1.78 bits per heavy atom. The number of halogens is 1. The van der Waals surface area contributed by atoms with E-state index in [-0.39, 0.29) is 0 Å². The Morgan fingerprint density at radius 3 is 2.33 bits per heavy atom. The van der Waals surface area contributed by atoms with Crippen molar-refractivity contribution in [2.45, 2.75) is 19.6 Å². The van der Waals surface area contributed by atoms with Crippen molar-refractivity contribution in [2.24, 2.45) is 0 Å². The van der Waals surface area contributed by atoms with E-state index in [1.807, 2.05) is 0 Å². The van der Waals surface area contributed by atoms with Crippen molar-refractivity contribution in [1.29, 1.82) is 0 Å². The van der Waals surface area contributed by atoms with Crippen LogP contribution in [0.5, 0.6) is 0 Å². The number of nitrogens with one attached hydrogen (secondary N) is 1. The predicted octanol–water partition coefficient (Wildman–Crippen LogP) is 2.21. The van der Waals surface area contributed by atoms with Crippen LogP contribution in [-0.2, 0) is 0 Å². The van der Waals surface area contributed by atoms with E-state index >= 15 is 0 Å². The molecular weight excluding hydrogens is 266 g/mol. The van der Waals surface area contributed by atoms with Gasteiger partial charge in [-0.2, -0.15) is 0 Å². The maximum Gasteiger partial charge on any atom is 0.228 e. The molecule has 0 atom stereocenters. The summed E-state index contributed by atoms with van der Waals surface area (Å²) >= 11 is 6.19. The summed E-state index contributed by atoms with van der Waals surface area (Å²) in [7, 11) is -1.50. The van der Waals surface area contributed by atoms with Gasteiger partial charge in [0.05, 0.1) is 26.2 Å². The first-order chi connectivity index (χ1) is 8.47. The van der Waals surface area contributed by atoms with Gasteiger partial charge in [-0.05, 0) is 5.19 Å². The Hall–Kier alpha value is -1.53. The van der Waals surface area contributed by atoms with E-state index in [2.05, 4.69) is 44.9 Å². The van der Waals surface area contributed by atoms with Crippen molar-refractivity contribution in [3.63, 3.8) is 0 Å². The molecule has 2 rings (SSSR count). The highest BCUT2D eigenvalue weighted by atomic mass is 35.5. The summed E-state index contributed by atoms with van der Waals surface area (Å²) < 4.78 is 0. The number of hydrogen-bond acceptors (Lipinski definition) is 5. The molecule has 2 aromatic rings. The van der Waals surface area contributed by atoms with Gasteiger partial charge in [0, 0.05) is 6.20 Å². The third-order valence-electron chi connectivity index (χ3n) is 2.37. The van der Waals surface area contributed by atoms with Gasteiger partial charge >= 0.3 is 0 Å². The minimum absolute atomic E-state index is 0.455. The second-order valence-corrected chi connectivity index (χ2v) is 10.3. The Bertz CT molecular complexity index is 541. The third-order valence-corrected chi connectivity index (χ3v) is 4.80. The Morgan fingerprint density at radius 1 is 1.11 bits per heavy atom. The summed E-state index contributed by atoms with van der Waals surface area (Å²) in [5, 5.41) is 4.58. The van der Waals surface area contributed by atoms with E-state index in [0.717, 1.165) is 10.9 Å². The van der Waals surface area contributed by atoms with Crippen LogP contribution in [0.3, 0.4) is 0 Å². The van der Waals surface area contributed by atoms with E-state index in [1.54, 1.807) is 18.6 Å². The zero-order valence-electron chi connectivity index (χ0n) is 10.5. The summed E-state index contributed by atoms with van der Waals surface area (Å²) in [6.07, 6.45) is 6.56. The summed E-state index contributed by atoms with van der Waals surface area (Å²) in [4.78, 5) is 16.3. The second-order valence-electron chi connectivity index (χ2n) is 4.90. The Kier molecular flexibility index (Phi) is 3.58.